The number of benzene rings is 2. The molecule has 2 aromatic rings. The fourth-order valence-corrected chi connectivity index (χ4v) is 2.74. The van der Waals surface area contributed by atoms with Crippen LogP contribution < -0.4 is 5.32 Å². The summed E-state index contributed by atoms with van der Waals surface area (Å²) in [5, 5.41) is 12.2. The Morgan fingerprint density at radius 1 is 1.15 bits per heavy atom. The van der Waals surface area contributed by atoms with Crippen molar-refractivity contribution in [2.24, 2.45) is 0 Å². The maximum Gasteiger partial charge on any atom is 0.315 e. The number of hydrogen-bond donors (Lipinski definition) is 2. The molecule has 26 heavy (non-hydrogen) atoms. The lowest BCUT2D eigenvalue weighted by Crippen LogP contribution is -2.44. The molecule has 0 saturated heterocycles. The molecule has 0 heterocycles. The molecule has 0 spiro atoms. The van der Waals surface area contributed by atoms with Gasteiger partial charge in [0.2, 0.25) is 5.91 Å². The fraction of sp³-hybridized carbons (Fsp3) is 0.300. The van der Waals surface area contributed by atoms with Crippen LogP contribution in [0.5, 0.6) is 0 Å². The number of carboxylic acids is 1. The highest BCUT2D eigenvalue weighted by atomic mass is 19.1. The van der Waals surface area contributed by atoms with Gasteiger partial charge in [-0.2, -0.15) is 0 Å². The summed E-state index contributed by atoms with van der Waals surface area (Å²) in [6, 6.07) is 11.9. The van der Waals surface area contributed by atoms with E-state index in [2.05, 4.69) is 5.32 Å². The molecule has 0 aliphatic heterocycles. The van der Waals surface area contributed by atoms with E-state index in [1.54, 1.807) is 37.3 Å². The maximum absolute atomic E-state index is 13.8. The Morgan fingerprint density at radius 2 is 1.81 bits per heavy atom. The number of carbonyl (C=O) groups excluding carboxylic acids is 1. The number of halogens is 2. The van der Waals surface area contributed by atoms with Gasteiger partial charge in [-0.25, -0.2) is 8.78 Å². The van der Waals surface area contributed by atoms with E-state index in [-0.39, 0.29) is 18.5 Å². The molecular formula is C20H21F2NO3. The average Bonchev–Trinajstić information content (AvgIpc) is 2.60. The summed E-state index contributed by atoms with van der Waals surface area (Å²) >= 11 is 0. The van der Waals surface area contributed by atoms with E-state index in [4.69, 9.17) is 0 Å². The van der Waals surface area contributed by atoms with E-state index in [1.807, 2.05) is 0 Å². The topological polar surface area (TPSA) is 66.4 Å². The highest BCUT2D eigenvalue weighted by molar-refractivity contribution is 5.83. The summed E-state index contributed by atoms with van der Waals surface area (Å²) < 4.78 is 26.8. The van der Waals surface area contributed by atoms with Crippen LogP contribution in [-0.4, -0.2) is 23.5 Å². The summed E-state index contributed by atoms with van der Waals surface area (Å²) in [5.41, 5.74) is -0.461. The molecule has 4 nitrogen and oxygen atoms in total. The van der Waals surface area contributed by atoms with Gasteiger partial charge in [0.25, 0.3) is 0 Å². The van der Waals surface area contributed by atoms with Gasteiger partial charge in [0.05, 0.1) is 0 Å². The molecular weight excluding hydrogens is 340 g/mol. The van der Waals surface area contributed by atoms with E-state index in [9.17, 15) is 23.5 Å². The third kappa shape index (κ3) is 4.45. The molecule has 2 atom stereocenters. The van der Waals surface area contributed by atoms with Gasteiger partial charge in [-0.1, -0.05) is 43.3 Å². The van der Waals surface area contributed by atoms with Gasteiger partial charge in [0.1, 0.15) is 17.0 Å². The SMILES string of the molecule is CC(CC(=O)NCC(C)(C(=O)O)c1ccccc1)c1ccc(F)cc1F. The predicted molar refractivity (Wildman–Crippen MR) is 93.8 cm³/mol. The van der Waals surface area contributed by atoms with Crippen molar-refractivity contribution >= 4 is 11.9 Å². The molecule has 0 bridgehead atoms. The second-order valence-corrected chi connectivity index (χ2v) is 6.55. The monoisotopic (exact) mass is 361 g/mol. The van der Waals surface area contributed by atoms with Gasteiger partial charge in [-0.3, -0.25) is 9.59 Å². The Morgan fingerprint density at radius 3 is 2.38 bits per heavy atom. The smallest absolute Gasteiger partial charge is 0.315 e. The summed E-state index contributed by atoms with van der Waals surface area (Å²) in [6.07, 6.45) is -0.0347. The third-order valence-electron chi connectivity index (χ3n) is 4.51. The second-order valence-electron chi connectivity index (χ2n) is 6.55. The highest BCUT2D eigenvalue weighted by Gasteiger charge is 2.35. The first-order valence-corrected chi connectivity index (χ1v) is 8.24. The van der Waals surface area contributed by atoms with Crippen molar-refractivity contribution in [3.63, 3.8) is 0 Å². The molecule has 2 rings (SSSR count). The van der Waals surface area contributed by atoms with Gasteiger partial charge < -0.3 is 10.4 Å². The quantitative estimate of drug-likeness (QED) is 0.792. The molecule has 0 aliphatic rings. The van der Waals surface area contributed by atoms with Crippen LogP contribution in [0.4, 0.5) is 8.78 Å². The van der Waals surface area contributed by atoms with E-state index in [0.717, 1.165) is 12.1 Å². The average molecular weight is 361 g/mol. The number of carboxylic acid groups (broad SMARTS) is 1. The van der Waals surface area contributed by atoms with E-state index in [0.29, 0.717) is 5.56 Å². The number of hydrogen-bond acceptors (Lipinski definition) is 2. The number of rotatable bonds is 7. The minimum atomic E-state index is -1.28. The molecule has 2 unspecified atom stereocenters. The van der Waals surface area contributed by atoms with Crippen LogP contribution in [0, 0.1) is 11.6 Å². The molecule has 2 aromatic carbocycles. The van der Waals surface area contributed by atoms with Gasteiger partial charge in [0.15, 0.2) is 0 Å². The Kier molecular flexibility index (Phi) is 6.08. The molecule has 138 valence electrons. The van der Waals surface area contributed by atoms with Gasteiger partial charge in [-0.05, 0) is 30.0 Å². The Bertz CT molecular complexity index is 795. The number of amides is 1. The van der Waals surface area contributed by atoms with Crippen LogP contribution >= 0.6 is 0 Å². The van der Waals surface area contributed by atoms with E-state index >= 15 is 0 Å². The Labute approximate surface area is 150 Å². The molecule has 0 aliphatic carbocycles. The van der Waals surface area contributed by atoms with Crippen molar-refractivity contribution in [3.8, 4) is 0 Å². The molecule has 1 amide bonds. The molecule has 0 saturated carbocycles. The lowest BCUT2D eigenvalue weighted by atomic mass is 9.82. The third-order valence-corrected chi connectivity index (χ3v) is 4.51. The minimum absolute atomic E-state index is 0.0347. The van der Waals surface area contributed by atoms with Crippen LogP contribution in [0.1, 0.15) is 37.3 Å². The van der Waals surface area contributed by atoms with Crippen LogP contribution in [0.3, 0.4) is 0 Å². The maximum atomic E-state index is 13.8. The first-order valence-electron chi connectivity index (χ1n) is 8.24. The van der Waals surface area contributed by atoms with Crippen molar-refractivity contribution in [3.05, 3.63) is 71.3 Å². The van der Waals surface area contributed by atoms with Crippen LogP contribution in [0.2, 0.25) is 0 Å². The molecule has 0 radical (unpaired) electrons. The van der Waals surface area contributed by atoms with E-state index in [1.165, 1.54) is 13.0 Å². The summed E-state index contributed by atoms with van der Waals surface area (Å²) in [5.74, 6) is -3.30. The minimum Gasteiger partial charge on any atom is -0.481 e. The standard InChI is InChI=1S/C20H21F2NO3/c1-13(16-9-8-15(21)11-17(16)22)10-18(24)23-12-20(2,19(25)26)14-6-4-3-5-7-14/h3-9,11,13H,10,12H2,1-2H3,(H,23,24)(H,25,26). The molecule has 2 N–H and O–H groups in total. The summed E-state index contributed by atoms with van der Waals surface area (Å²) in [4.78, 5) is 23.9. The largest absolute Gasteiger partial charge is 0.481 e. The first-order chi connectivity index (χ1) is 12.2. The summed E-state index contributed by atoms with van der Waals surface area (Å²) in [7, 11) is 0. The predicted octanol–water partition coefficient (Wildman–Crippen LogP) is 3.62. The molecule has 0 aromatic heterocycles. The van der Waals surface area contributed by atoms with Gasteiger partial charge in [0, 0.05) is 19.0 Å². The Hall–Kier alpha value is -2.76. The number of carbonyl (C=O) groups is 2. The zero-order valence-electron chi connectivity index (χ0n) is 14.6. The van der Waals surface area contributed by atoms with Crippen molar-refractivity contribution < 1.29 is 23.5 Å². The zero-order chi connectivity index (χ0) is 19.3. The van der Waals surface area contributed by atoms with Crippen LogP contribution in [0.25, 0.3) is 0 Å². The number of nitrogens with one attached hydrogen (secondary N) is 1. The van der Waals surface area contributed by atoms with Gasteiger partial charge >= 0.3 is 5.97 Å². The van der Waals surface area contributed by atoms with Crippen LogP contribution in [0.15, 0.2) is 48.5 Å². The first kappa shape index (κ1) is 19.6. The fourth-order valence-electron chi connectivity index (χ4n) is 2.74. The van der Waals surface area contributed by atoms with Crippen molar-refractivity contribution in [2.45, 2.75) is 31.6 Å². The van der Waals surface area contributed by atoms with Crippen molar-refractivity contribution in [1.29, 1.82) is 0 Å². The molecule has 6 heteroatoms. The number of aliphatic carboxylic acids is 1. The van der Waals surface area contributed by atoms with Crippen molar-refractivity contribution in [2.75, 3.05) is 6.54 Å². The van der Waals surface area contributed by atoms with Crippen LogP contribution in [-0.2, 0) is 15.0 Å². The highest BCUT2D eigenvalue weighted by Crippen LogP contribution is 2.25. The Balaban J connectivity index is 2.03. The van der Waals surface area contributed by atoms with Crippen molar-refractivity contribution in [1.82, 2.24) is 5.32 Å². The normalized spacial score (nSPS) is 14.3. The van der Waals surface area contributed by atoms with Gasteiger partial charge in [-0.15, -0.1) is 0 Å². The zero-order valence-corrected chi connectivity index (χ0v) is 14.6. The van der Waals surface area contributed by atoms with E-state index < -0.39 is 34.8 Å². The summed E-state index contributed by atoms with van der Waals surface area (Å²) in [6.45, 7) is 3.10. The lowest BCUT2D eigenvalue weighted by Gasteiger charge is -2.26. The second kappa shape index (κ2) is 8.08. The molecule has 0 fully saturated rings. The lowest BCUT2D eigenvalue weighted by molar-refractivity contribution is -0.143.